The van der Waals surface area contributed by atoms with Crippen LogP contribution in [-0.2, 0) is 19.6 Å². The smallest absolute Gasteiger partial charge is 0.405 e. The van der Waals surface area contributed by atoms with Gasteiger partial charge in [-0.1, -0.05) is 37.5 Å². The van der Waals surface area contributed by atoms with Gasteiger partial charge in [0.15, 0.2) is 10.6 Å². The first-order valence-electron chi connectivity index (χ1n) is 14.1. The zero-order chi connectivity index (χ0) is 28.5. The monoisotopic (exact) mass is 570 g/mol. The molecule has 0 atom stereocenters. The largest absolute Gasteiger partial charge is 0.477 e. The number of aromatic nitrogens is 1. The fourth-order valence-electron chi connectivity index (χ4n) is 5.73. The SMILES string of the molecule is Cc1ccc(C2CCCCC2)c(OC2(C(=O)NS(=O)(=O)c3cccc(N4CCC(C)(OC(N)=O)CC4)n3)CC2)c1. The summed E-state index contributed by atoms with van der Waals surface area (Å²) in [6.07, 6.45) is 6.87. The highest BCUT2D eigenvalue weighted by molar-refractivity contribution is 7.90. The minimum atomic E-state index is -4.24. The Balaban J connectivity index is 1.28. The van der Waals surface area contributed by atoms with Crippen LogP contribution in [0.1, 0.15) is 81.8 Å². The molecule has 2 aromatic rings. The van der Waals surface area contributed by atoms with Crippen molar-refractivity contribution in [3.05, 3.63) is 47.5 Å². The van der Waals surface area contributed by atoms with Gasteiger partial charge in [-0.3, -0.25) is 4.79 Å². The first kappa shape index (κ1) is 28.2. The van der Waals surface area contributed by atoms with Gasteiger partial charge in [-0.15, -0.1) is 0 Å². The molecule has 2 saturated carbocycles. The van der Waals surface area contributed by atoms with Crippen LogP contribution in [0.25, 0.3) is 0 Å². The van der Waals surface area contributed by atoms with E-state index in [1.54, 1.807) is 12.1 Å². The lowest BCUT2D eigenvalue weighted by atomic mass is 9.83. The fraction of sp³-hybridized carbons (Fsp3) is 0.552. The molecule has 3 fully saturated rings. The second-order valence-corrected chi connectivity index (χ2v) is 13.2. The molecule has 0 spiro atoms. The quantitative estimate of drug-likeness (QED) is 0.478. The van der Waals surface area contributed by atoms with Crippen LogP contribution in [0, 0.1) is 6.92 Å². The van der Waals surface area contributed by atoms with E-state index in [1.807, 2.05) is 24.8 Å². The second-order valence-electron chi connectivity index (χ2n) is 11.6. The van der Waals surface area contributed by atoms with E-state index in [2.05, 4.69) is 21.8 Å². The number of piperidine rings is 1. The van der Waals surface area contributed by atoms with E-state index in [0.29, 0.717) is 56.3 Å². The summed E-state index contributed by atoms with van der Waals surface area (Å²) in [7, 11) is -4.24. The highest BCUT2D eigenvalue weighted by Gasteiger charge is 2.54. The number of hydrogen-bond acceptors (Lipinski definition) is 8. The number of hydrogen-bond donors (Lipinski definition) is 2. The number of nitrogens with two attached hydrogens (primary N) is 1. The number of rotatable bonds is 8. The Bertz CT molecular complexity index is 1380. The number of amides is 2. The van der Waals surface area contributed by atoms with Crippen molar-refractivity contribution in [1.29, 1.82) is 0 Å². The summed E-state index contributed by atoms with van der Waals surface area (Å²) in [5.74, 6) is 0.849. The van der Waals surface area contributed by atoms with E-state index in [1.165, 1.54) is 25.3 Å². The highest BCUT2D eigenvalue weighted by atomic mass is 32.2. The van der Waals surface area contributed by atoms with Gasteiger partial charge >= 0.3 is 6.09 Å². The fourth-order valence-corrected chi connectivity index (χ4v) is 6.74. The number of benzene rings is 1. The first-order chi connectivity index (χ1) is 19.0. The number of nitrogens with one attached hydrogen (secondary N) is 1. The lowest BCUT2D eigenvalue weighted by molar-refractivity contribution is -0.128. The Kier molecular flexibility index (Phi) is 7.69. The maximum Gasteiger partial charge on any atom is 0.405 e. The van der Waals surface area contributed by atoms with Crippen molar-refractivity contribution in [3.63, 3.8) is 0 Å². The van der Waals surface area contributed by atoms with Crippen molar-refractivity contribution in [3.8, 4) is 5.75 Å². The molecule has 3 N–H and O–H groups in total. The molecule has 2 aliphatic carbocycles. The molecule has 11 heteroatoms. The van der Waals surface area contributed by atoms with Gasteiger partial charge in [0, 0.05) is 38.8 Å². The van der Waals surface area contributed by atoms with Crippen LogP contribution in [0.5, 0.6) is 5.75 Å². The molecule has 0 radical (unpaired) electrons. The van der Waals surface area contributed by atoms with Gasteiger partial charge in [0.1, 0.15) is 17.2 Å². The van der Waals surface area contributed by atoms with E-state index < -0.39 is 33.2 Å². The molecule has 216 valence electrons. The number of pyridine rings is 1. The van der Waals surface area contributed by atoms with Gasteiger partial charge < -0.3 is 20.1 Å². The third-order valence-electron chi connectivity index (χ3n) is 8.34. The molecular formula is C29H38N4O6S. The van der Waals surface area contributed by atoms with Gasteiger partial charge in [-0.25, -0.2) is 14.5 Å². The van der Waals surface area contributed by atoms with Gasteiger partial charge in [0.2, 0.25) is 0 Å². The number of ether oxygens (including phenoxy) is 2. The summed E-state index contributed by atoms with van der Waals surface area (Å²) in [4.78, 5) is 30.8. The maximum atomic E-state index is 13.3. The molecule has 10 nitrogen and oxygen atoms in total. The van der Waals surface area contributed by atoms with Crippen molar-refractivity contribution >= 4 is 27.8 Å². The van der Waals surface area contributed by atoms with Crippen LogP contribution in [0.15, 0.2) is 41.4 Å². The van der Waals surface area contributed by atoms with Crippen LogP contribution in [0.4, 0.5) is 10.6 Å². The van der Waals surface area contributed by atoms with Crippen LogP contribution < -0.4 is 20.1 Å². The van der Waals surface area contributed by atoms with Crippen molar-refractivity contribution < 1.29 is 27.5 Å². The number of carbonyl (C=O) groups is 2. The van der Waals surface area contributed by atoms with Crippen LogP contribution in [0.3, 0.4) is 0 Å². The van der Waals surface area contributed by atoms with Gasteiger partial charge in [-0.05, 0) is 61.9 Å². The average molecular weight is 571 g/mol. The Hall–Kier alpha value is -3.34. The topological polar surface area (TPSA) is 141 Å². The normalized spacial score (nSPS) is 20.4. The van der Waals surface area contributed by atoms with Crippen molar-refractivity contribution in [2.75, 3.05) is 18.0 Å². The van der Waals surface area contributed by atoms with E-state index in [0.717, 1.165) is 24.0 Å². The molecule has 1 aromatic heterocycles. The lowest BCUT2D eigenvalue weighted by Gasteiger charge is -2.38. The van der Waals surface area contributed by atoms with Crippen LogP contribution in [-0.4, -0.2) is 49.7 Å². The summed E-state index contributed by atoms with van der Waals surface area (Å²) >= 11 is 0. The molecule has 1 aliphatic heterocycles. The molecule has 2 heterocycles. The predicted molar refractivity (Wildman–Crippen MR) is 150 cm³/mol. The number of nitrogens with zero attached hydrogens (tertiary/aromatic N) is 2. The molecular weight excluding hydrogens is 532 g/mol. The van der Waals surface area contributed by atoms with E-state index in [-0.39, 0.29) is 5.03 Å². The van der Waals surface area contributed by atoms with Crippen molar-refractivity contribution in [2.45, 2.75) is 93.8 Å². The molecule has 40 heavy (non-hydrogen) atoms. The van der Waals surface area contributed by atoms with Gasteiger partial charge in [0.25, 0.3) is 15.9 Å². The molecule has 2 amide bonds. The Morgan fingerprint density at radius 3 is 2.40 bits per heavy atom. The summed E-state index contributed by atoms with van der Waals surface area (Å²) in [5.41, 5.74) is 5.43. The van der Waals surface area contributed by atoms with Crippen LogP contribution >= 0.6 is 0 Å². The van der Waals surface area contributed by atoms with Crippen molar-refractivity contribution in [1.82, 2.24) is 9.71 Å². The summed E-state index contributed by atoms with van der Waals surface area (Å²) in [6, 6.07) is 10.8. The number of anilines is 1. The number of sulfonamides is 1. The summed E-state index contributed by atoms with van der Waals surface area (Å²) in [5, 5.41) is -0.241. The molecule has 0 bridgehead atoms. The molecule has 3 aliphatic rings. The average Bonchev–Trinajstić information content (AvgIpc) is 3.70. The molecule has 1 saturated heterocycles. The standard InChI is InChI=1S/C29H38N4O6S/c1-20-11-12-22(21-7-4-3-5-8-21)23(19-20)38-29(13-14-29)26(34)32-40(36,37)25-10-6-9-24(31-25)33-17-15-28(2,16-18-33)39-27(30)35/h6,9-12,19,21H,3-5,7-8,13-18H2,1-2H3,(H2,30,35)(H,32,34). The minimum Gasteiger partial charge on any atom is -0.477 e. The molecule has 0 unspecified atom stereocenters. The Morgan fingerprint density at radius 1 is 1.05 bits per heavy atom. The molecule has 1 aromatic carbocycles. The maximum absolute atomic E-state index is 13.3. The van der Waals surface area contributed by atoms with Crippen LogP contribution in [0.2, 0.25) is 0 Å². The Morgan fingerprint density at radius 2 is 1.75 bits per heavy atom. The Labute approximate surface area is 235 Å². The first-order valence-corrected chi connectivity index (χ1v) is 15.5. The summed E-state index contributed by atoms with van der Waals surface area (Å²) < 4.78 is 40.3. The second kappa shape index (κ2) is 10.9. The third-order valence-corrected chi connectivity index (χ3v) is 9.57. The number of carbonyl (C=O) groups excluding carboxylic acids is 2. The molecule has 5 rings (SSSR count). The van der Waals surface area contributed by atoms with E-state index >= 15 is 0 Å². The van der Waals surface area contributed by atoms with E-state index in [9.17, 15) is 18.0 Å². The number of primary amides is 1. The number of aryl methyl sites for hydroxylation is 1. The predicted octanol–water partition coefficient (Wildman–Crippen LogP) is 4.31. The zero-order valence-electron chi connectivity index (χ0n) is 23.1. The van der Waals surface area contributed by atoms with E-state index in [4.69, 9.17) is 15.2 Å². The van der Waals surface area contributed by atoms with Crippen molar-refractivity contribution in [2.24, 2.45) is 5.73 Å². The third kappa shape index (κ3) is 6.19. The highest BCUT2D eigenvalue weighted by Crippen LogP contribution is 2.45. The summed E-state index contributed by atoms with van der Waals surface area (Å²) in [6.45, 7) is 4.81. The lowest BCUT2D eigenvalue weighted by Crippen LogP contribution is -2.46. The van der Waals surface area contributed by atoms with Gasteiger partial charge in [-0.2, -0.15) is 8.42 Å². The van der Waals surface area contributed by atoms with Gasteiger partial charge in [0.05, 0.1) is 0 Å². The minimum absolute atomic E-state index is 0.241. The zero-order valence-corrected chi connectivity index (χ0v) is 24.0.